The fraction of sp³-hybridized carbons (Fsp3) is 0.208. The molecule has 4 nitrogen and oxygen atoms in total. The average molecular weight is 410 g/mol. The van der Waals surface area contributed by atoms with E-state index in [0.717, 1.165) is 17.2 Å². The number of ether oxygens (including phenoxy) is 1. The van der Waals surface area contributed by atoms with E-state index in [4.69, 9.17) is 10.5 Å². The van der Waals surface area contributed by atoms with E-state index >= 15 is 0 Å². The fourth-order valence-electron chi connectivity index (χ4n) is 3.17. The van der Waals surface area contributed by atoms with Crippen LogP contribution in [0.4, 0.5) is 8.78 Å². The summed E-state index contributed by atoms with van der Waals surface area (Å²) in [4.78, 5) is 12.8. The molecule has 0 aliphatic rings. The Morgan fingerprint density at radius 2 is 1.90 bits per heavy atom. The number of benzene rings is 3. The van der Waals surface area contributed by atoms with Crippen LogP contribution in [0, 0.1) is 18.6 Å². The molecule has 0 spiro atoms. The van der Waals surface area contributed by atoms with Gasteiger partial charge < -0.3 is 15.8 Å². The van der Waals surface area contributed by atoms with Crippen molar-refractivity contribution in [3.05, 3.63) is 89.0 Å². The topological polar surface area (TPSA) is 64.3 Å². The van der Waals surface area contributed by atoms with Gasteiger partial charge in [-0.05, 0) is 60.9 Å². The largest absolute Gasteiger partial charge is 0.492 e. The molecule has 3 rings (SSSR count). The number of amides is 1. The zero-order chi connectivity index (χ0) is 21.7. The zero-order valence-electron chi connectivity index (χ0n) is 16.9. The van der Waals surface area contributed by atoms with Crippen molar-refractivity contribution < 1.29 is 18.3 Å². The normalized spacial score (nSPS) is 11.8. The van der Waals surface area contributed by atoms with Crippen molar-refractivity contribution in [2.45, 2.75) is 19.9 Å². The maximum atomic E-state index is 14.1. The number of nitrogens with one attached hydrogen (secondary N) is 1. The molecule has 3 aromatic carbocycles. The highest BCUT2D eigenvalue weighted by Crippen LogP contribution is 2.27. The van der Waals surface area contributed by atoms with Crippen LogP contribution in [0.5, 0.6) is 5.75 Å². The number of aryl methyl sites for hydroxylation is 1. The van der Waals surface area contributed by atoms with Crippen molar-refractivity contribution in [3.63, 3.8) is 0 Å². The molecule has 0 aromatic heterocycles. The molecular weight excluding hydrogens is 386 g/mol. The number of carbonyl (C=O) groups is 1. The number of hydrogen-bond acceptors (Lipinski definition) is 3. The minimum absolute atomic E-state index is 0.239. The third kappa shape index (κ3) is 5.02. The Hall–Kier alpha value is -3.25. The van der Waals surface area contributed by atoms with Gasteiger partial charge in [-0.2, -0.15) is 0 Å². The monoisotopic (exact) mass is 410 g/mol. The Morgan fingerprint density at radius 1 is 1.10 bits per heavy atom. The lowest BCUT2D eigenvalue weighted by Gasteiger charge is -2.17. The lowest BCUT2D eigenvalue weighted by atomic mass is 9.99. The molecule has 0 saturated heterocycles. The molecule has 3 N–H and O–H groups in total. The number of hydrogen-bond donors (Lipinski definition) is 2. The minimum atomic E-state index is -0.631. The van der Waals surface area contributed by atoms with E-state index in [1.807, 2.05) is 26.0 Å². The van der Waals surface area contributed by atoms with Gasteiger partial charge in [-0.25, -0.2) is 8.78 Å². The van der Waals surface area contributed by atoms with E-state index in [-0.39, 0.29) is 11.9 Å². The van der Waals surface area contributed by atoms with Gasteiger partial charge in [0.25, 0.3) is 5.91 Å². The summed E-state index contributed by atoms with van der Waals surface area (Å²) in [5, 5.41) is 2.97. The summed E-state index contributed by atoms with van der Waals surface area (Å²) in [6, 6.07) is 15.6. The lowest BCUT2D eigenvalue weighted by Crippen LogP contribution is -2.27. The van der Waals surface area contributed by atoms with Crippen LogP contribution in [0.2, 0.25) is 0 Å². The van der Waals surface area contributed by atoms with E-state index in [1.54, 1.807) is 30.3 Å². The smallest absolute Gasteiger partial charge is 0.252 e. The molecule has 3 aromatic rings. The standard InChI is InChI=1S/C24H24F2N2O2/c1-15-6-8-20(30-11-10-27)14-22(15)24(29)28-16(2)17-4-3-5-18(12-17)21-9-7-19(25)13-23(21)26/h3-9,12-14,16H,10-11,27H2,1-2H3,(H,28,29)/t16-/m1/s1. The highest BCUT2D eigenvalue weighted by Gasteiger charge is 2.16. The summed E-state index contributed by atoms with van der Waals surface area (Å²) in [6.07, 6.45) is 0. The quantitative estimate of drug-likeness (QED) is 0.590. The van der Waals surface area contributed by atoms with Gasteiger partial charge in [-0.1, -0.05) is 24.3 Å². The van der Waals surface area contributed by atoms with Crippen LogP contribution in [0.15, 0.2) is 60.7 Å². The van der Waals surface area contributed by atoms with Gasteiger partial charge in [-0.15, -0.1) is 0 Å². The molecule has 0 saturated carbocycles. The number of halogens is 2. The van der Waals surface area contributed by atoms with Gasteiger partial charge in [0.05, 0.1) is 6.04 Å². The molecule has 1 amide bonds. The van der Waals surface area contributed by atoms with Crippen molar-refractivity contribution >= 4 is 5.91 Å². The summed E-state index contributed by atoms with van der Waals surface area (Å²) < 4.78 is 32.9. The molecule has 0 fully saturated rings. The van der Waals surface area contributed by atoms with Crippen LogP contribution < -0.4 is 15.8 Å². The van der Waals surface area contributed by atoms with Gasteiger partial charge in [0.15, 0.2) is 0 Å². The maximum absolute atomic E-state index is 14.1. The predicted molar refractivity (Wildman–Crippen MR) is 113 cm³/mol. The van der Waals surface area contributed by atoms with Crippen LogP contribution in [0.3, 0.4) is 0 Å². The highest BCUT2D eigenvalue weighted by atomic mass is 19.1. The van der Waals surface area contributed by atoms with Crippen LogP contribution in [0.1, 0.15) is 34.5 Å². The summed E-state index contributed by atoms with van der Waals surface area (Å²) >= 11 is 0. The Balaban J connectivity index is 1.79. The first-order valence-corrected chi connectivity index (χ1v) is 9.69. The Morgan fingerprint density at radius 3 is 2.63 bits per heavy atom. The van der Waals surface area contributed by atoms with Crippen LogP contribution in [-0.2, 0) is 0 Å². The summed E-state index contributed by atoms with van der Waals surface area (Å²) in [7, 11) is 0. The second-order valence-corrected chi connectivity index (χ2v) is 7.06. The van der Waals surface area contributed by atoms with Gasteiger partial charge in [0.2, 0.25) is 0 Å². The summed E-state index contributed by atoms with van der Waals surface area (Å²) in [5.74, 6) is -0.913. The van der Waals surface area contributed by atoms with Gasteiger partial charge in [-0.3, -0.25) is 4.79 Å². The number of nitrogens with two attached hydrogens (primary N) is 1. The molecule has 0 radical (unpaired) electrons. The zero-order valence-corrected chi connectivity index (χ0v) is 16.9. The average Bonchev–Trinajstić information content (AvgIpc) is 2.73. The second kappa shape index (κ2) is 9.50. The molecule has 0 heterocycles. The first kappa shape index (κ1) is 21.5. The summed E-state index contributed by atoms with van der Waals surface area (Å²) in [5.41, 5.74) is 8.51. The molecule has 30 heavy (non-hydrogen) atoms. The second-order valence-electron chi connectivity index (χ2n) is 7.06. The molecule has 0 bridgehead atoms. The molecule has 1 atom stereocenters. The van der Waals surface area contributed by atoms with Gasteiger partial charge in [0.1, 0.15) is 24.0 Å². The third-order valence-electron chi connectivity index (χ3n) is 4.82. The van der Waals surface area contributed by atoms with Crippen molar-refractivity contribution in [3.8, 4) is 16.9 Å². The Kier molecular flexibility index (Phi) is 6.79. The molecule has 0 aliphatic carbocycles. The van der Waals surface area contributed by atoms with Crippen LogP contribution in [-0.4, -0.2) is 19.1 Å². The predicted octanol–water partition coefficient (Wildman–Crippen LogP) is 4.77. The molecular formula is C24H24F2N2O2. The van der Waals surface area contributed by atoms with Crippen molar-refractivity contribution in [1.82, 2.24) is 5.32 Å². The molecule has 156 valence electrons. The first-order valence-electron chi connectivity index (χ1n) is 9.69. The minimum Gasteiger partial charge on any atom is -0.492 e. The number of carbonyl (C=O) groups excluding carboxylic acids is 1. The van der Waals surface area contributed by atoms with Crippen molar-refractivity contribution in [1.29, 1.82) is 0 Å². The Bertz CT molecular complexity index is 1050. The molecule has 6 heteroatoms. The van der Waals surface area contributed by atoms with Gasteiger partial charge in [0, 0.05) is 23.7 Å². The highest BCUT2D eigenvalue weighted by molar-refractivity contribution is 5.96. The summed E-state index contributed by atoms with van der Waals surface area (Å²) in [6.45, 7) is 4.46. The third-order valence-corrected chi connectivity index (χ3v) is 4.82. The van der Waals surface area contributed by atoms with E-state index in [2.05, 4.69) is 5.32 Å². The van der Waals surface area contributed by atoms with E-state index in [1.165, 1.54) is 12.1 Å². The van der Waals surface area contributed by atoms with E-state index in [9.17, 15) is 13.6 Å². The van der Waals surface area contributed by atoms with Crippen molar-refractivity contribution in [2.24, 2.45) is 5.73 Å². The van der Waals surface area contributed by atoms with Crippen LogP contribution in [0.25, 0.3) is 11.1 Å². The molecule has 0 aliphatic heterocycles. The van der Waals surface area contributed by atoms with Gasteiger partial charge >= 0.3 is 0 Å². The maximum Gasteiger partial charge on any atom is 0.252 e. The fourth-order valence-corrected chi connectivity index (χ4v) is 3.17. The number of rotatable bonds is 7. The van der Waals surface area contributed by atoms with E-state index < -0.39 is 11.6 Å². The first-order chi connectivity index (χ1) is 14.4. The SMILES string of the molecule is Cc1ccc(OCCN)cc1C(=O)N[C@H](C)c1cccc(-c2ccc(F)cc2F)c1. The van der Waals surface area contributed by atoms with Crippen LogP contribution >= 0.6 is 0 Å². The van der Waals surface area contributed by atoms with Crippen molar-refractivity contribution in [2.75, 3.05) is 13.2 Å². The lowest BCUT2D eigenvalue weighted by molar-refractivity contribution is 0.0939. The molecule has 0 unspecified atom stereocenters. The Labute approximate surface area is 174 Å². The van der Waals surface area contributed by atoms with E-state index in [0.29, 0.717) is 35.6 Å².